The number of aromatic nitrogens is 2. The van der Waals surface area contributed by atoms with Crippen LogP contribution in [0.25, 0.3) is 11.5 Å². The Labute approximate surface area is 106 Å². The lowest BCUT2D eigenvalue weighted by atomic mass is 10.2. The number of benzene rings is 1. The first-order valence-electron chi connectivity index (χ1n) is 6.03. The Hall–Kier alpha value is -1.72. The van der Waals surface area contributed by atoms with Gasteiger partial charge in [-0.2, -0.15) is 4.98 Å². The average molecular weight is 247 g/mol. The highest BCUT2D eigenvalue weighted by Crippen LogP contribution is 2.18. The third-order valence-electron chi connectivity index (χ3n) is 2.44. The van der Waals surface area contributed by atoms with E-state index >= 15 is 0 Å². The van der Waals surface area contributed by atoms with Crippen LogP contribution in [0.15, 0.2) is 34.9 Å². The summed E-state index contributed by atoms with van der Waals surface area (Å²) >= 11 is 0. The van der Waals surface area contributed by atoms with E-state index in [1.807, 2.05) is 37.3 Å². The summed E-state index contributed by atoms with van der Waals surface area (Å²) in [6, 6.07) is 9.25. The summed E-state index contributed by atoms with van der Waals surface area (Å²) in [7, 11) is 0. The van der Waals surface area contributed by atoms with Crippen molar-refractivity contribution >= 4 is 0 Å². The van der Waals surface area contributed by atoms with E-state index in [-0.39, 0.29) is 6.04 Å². The summed E-state index contributed by atoms with van der Waals surface area (Å²) < 4.78 is 10.5. The predicted molar refractivity (Wildman–Crippen MR) is 67.8 cm³/mol. The van der Waals surface area contributed by atoms with E-state index in [1.54, 1.807) is 0 Å². The lowest BCUT2D eigenvalue weighted by Gasteiger charge is -2.06. The molecule has 0 amide bonds. The molecular formula is C13H17N3O2. The summed E-state index contributed by atoms with van der Waals surface area (Å²) in [5, 5.41) is 3.88. The second kappa shape index (κ2) is 6.28. The fraction of sp³-hybridized carbons (Fsp3) is 0.385. The monoisotopic (exact) mass is 247 g/mol. The first-order valence-corrected chi connectivity index (χ1v) is 6.03. The summed E-state index contributed by atoms with van der Waals surface area (Å²) in [6.45, 7) is 3.14. The summed E-state index contributed by atoms with van der Waals surface area (Å²) in [4.78, 5) is 4.28. The van der Waals surface area contributed by atoms with E-state index in [2.05, 4.69) is 10.1 Å². The fourth-order valence-corrected chi connectivity index (χ4v) is 1.51. The molecule has 2 N–H and O–H groups in total. The quantitative estimate of drug-likeness (QED) is 0.792. The largest absolute Gasteiger partial charge is 0.379 e. The van der Waals surface area contributed by atoms with Gasteiger partial charge in [0, 0.05) is 12.2 Å². The maximum Gasteiger partial charge on any atom is 0.257 e. The van der Waals surface area contributed by atoms with E-state index in [1.165, 1.54) is 0 Å². The smallest absolute Gasteiger partial charge is 0.257 e. The molecule has 5 nitrogen and oxygen atoms in total. The standard InChI is InChI=1S/C13H17N3O2/c1-2-8-17-9-11(14)12-15-13(18-16-12)10-6-4-3-5-7-10/h3-7,11H,2,8-9,14H2,1H3. The lowest BCUT2D eigenvalue weighted by molar-refractivity contribution is 0.119. The second-order valence-electron chi connectivity index (χ2n) is 4.01. The molecule has 0 bridgehead atoms. The van der Waals surface area contributed by atoms with E-state index in [0.29, 0.717) is 24.9 Å². The van der Waals surface area contributed by atoms with Crippen LogP contribution in [0.5, 0.6) is 0 Å². The molecule has 5 heteroatoms. The third kappa shape index (κ3) is 3.15. The van der Waals surface area contributed by atoms with Crippen LogP contribution < -0.4 is 5.73 Å². The molecule has 1 heterocycles. The van der Waals surface area contributed by atoms with Gasteiger partial charge in [0.15, 0.2) is 5.82 Å². The molecule has 18 heavy (non-hydrogen) atoms. The normalized spacial score (nSPS) is 12.6. The van der Waals surface area contributed by atoms with Crippen LogP contribution in [0, 0.1) is 0 Å². The van der Waals surface area contributed by atoms with Crippen molar-refractivity contribution in [3.63, 3.8) is 0 Å². The summed E-state index contributed by atoms with van der Waals surface area (Å²) in [5.41, 5.74) is 6.80. The maximum atomic E-state index is 5.92. The van der Waals surface area contributed by atoms with Crippen LogP contribution in [-0.4, -0.2) is 23.4 Å². The minimum atomic E-state index is -0.349. The van der Waals surface area contributed by atoms with Crippen molar-refractivity contribution in [1.29, 1.82) is 0 Å². The van der Waals surface area contributed by atoms with Crippen molar-refractivity contribution in [2.45, 2.75) is 19.4 Å². The molecule has 0 aliphatic heterocycles. The van der Waals surface area contributed by atoms with E-state index < -0.39 is 0 Å². The fourth-order valence-electron chi connectivity index (χ4n) is 1.51. The van der Waals surface area contributed by atoms with Gasteiger partial charge >= 0.3 is 0 Å². The Morgan fingerprint density at radius 3 is 2.83 bits per heavy atom. The summed E-state index contributed by atoms with van der Waals surface area (Å²) in [5.74, 6) is 0.960. The molecule has 2 rings (SSSR count). The van der Waals surface area contributed by atoms with Crippen LogP contribution in [0.4, 0.5) is 0 Å². The molecule has 1 aromatic heterocycles. The zero-order valence-electron chi connectivity index (χ0n) is 10.4. The van der Waals surface area contributed by atoms with Gasteiger partial charge in [-0.1, -0.05) is 30.3 Å². The van der Waals surface area contributed by atoms with Gasteiger partial charge in [-0.05, 0) is 18.6 Å². The topological polar surface area (TPSA) is 74.2 Å². The highest BCUT2D eigenvalue weighted by atomic mass is 16.5. The van der Waals surface area contributed by atoms with Crippen molar-refractivity contribution in [3.05, 3.63) is 36.2 Å². The Morgan fingerprint density at radius 1 is 1.33 bits per heavy atom. The van der Waals surface area contributed by atoms with Gasteiger partial charge in [-0.15, -0.1) is 0 Å². The van der Waals surface area contributed by atoms with Gasteiger partial charge in [0.2, 0.25) is 0 Å². The van der Waals surface area contributed by atoms with Crippen molar-refractivity contribution in [3.8, 4) is 11.5 Å². The lowest BCUT2D eigenvalue weighted by Crippen LogP contribution is -2.18. The highest BCUT2D eigenvalue weighted by molar-refractivity contribution is 5.52. The molecule has 0 radical (unpaired) electrons. The van der Waals surface area contributed by atoms with Crippen LogP contribution in [0.1, 0.15) is 25.2 Å². The van der Waals surface area contributed by atoms with Crippen LogP contribution >= 0.6 is 0 Å². The molecule has 0 saturated carbocycles. The molecule has 0 aliphatic rings. The number of hydrogen-bond donors (Lipinski definition) is 1. The number of hydrogen-bond acceptors (Lipinski definition) is 5. The van der Waals surface area contributed by atoms with Crippen LogP contribution in [0.2, 0.25) is 0 Å². The Balaban J connectivity index is 2.02. The molecule has 96 valence electrons. The van der Waals surface area contributed by atoms with Crippen molar-refractivity contribution in [1.82, 2.24) is 10.1 Å². The molecule has 2 aromatic rings. The Kier molecular flexibility index (Phi) is 4.44. The van der Waals surface area contributed by atoms with Gasteiger partial charge < -0.3 is 15.0 Å². The van der Waals surface area contributed by atoms with Crippen molar-refractivity contribution in [2.75, 3.05) is 13.2 Å². The number of nitrogens with two attached hydrogens (primary N) is 1. The zero-order chi connectivity index (χ0) is 12.8. The van der Waals surface area contributed by atoms with E-state index in [9.17, 15) is 0 Å². The predicted octanol–water partition coefficient (Wildman–Crippen LogP) is 2.16. The highest BCUT2D eigenvalue weighted by Gasteiger charge is 2.15. The molecule has 0 aliphatic carbocycles. The van der Waals surface area contributed by atoms with Gasteiger partial charge in [-0.3, -0.25) is 0 Å². The van der Waals surface area contributed by atoms with Gasteiger partial charge in [0.1, 0.15) is 0 Å². The molecule has 0 saturated heterocycles. The SMILES string of the molecule is CCCOCC(N)c1noc(-c2ccccc2)n1. The molecule has 1 aromatic carbocycles. The van der Waals surface area contributed by atoms with Gasteiger partial charge in [0.05, 0.1) is 12.6 Å². The maximum absolute atomic E-state index is 5.92. The number of rotatable bonds is 6. The Morgan fingerprint density at radius 2 is 2.11 bits per heavy atom. The minimum absolute atomic E-state index is 0.349. The van der Waals surface area contributed by atoms with E-state index in [0.717, 1.165) is 12.0 Å². The van der Waals surface area contributed by atoms with E-state index in [4.69, 9.17) is 15.0 Å². The first-order chi connectivity index (χ1) is 8.81. The minimum Gasteiger partial charge on any atom is -0.379 e. The summed E-state index contributed by atoms with van der Waals surface area (Å²) in [6.07, 6.45) is 0.966. The van der Waals surface area contributed by atoms with Gasteiger partial charge in [0.25, 0.3) is 5.89 Å². The third-order valence-corrected chi connectivity index (χ3v) is 2.44. The first kappa shape index (κ1) is 12.7. The molecule has 1 unspecified atom stereocenters. The Bertz CT molecular complexity index is 470. The second-order valence-corrected chi connectivity index (χ2v) is 4.01. The molecule has 1 atom stereocenters. The average Bonchev–Trinajstić information content (AvgIpc) is 2.89. The number of ether oxygens (including phenoxy) is 1. The van der Waals surface area contributed by atoms with Crippen LogP contribution in [0.3, 0.4) is 0 Å². The zero-order valence-corrected chi connectivity index (χ0v) is 10.4. The molecule has 0 fully saturated rings. The van der Waals surface area contributed by atoms with Gasteiger partial charge in [-0.25, -0.2) is 0 Å². The molecule has 0 spiro atoms. The van der Waals surface area contributed by atoms with Crippen LogP contribution in [-0.2, 0) is 4.74 Å². The van der Waals surface area contributed by atoms with Crippen molar-refractivity contribution < 1.29 is 9.26 Å². The van der Waals surface area contributed by atoms with Crippen molar-refractivity contribution in [2.24, 2.45) is 5.73 Å². The molecular weight excluding hydrogens is 230 g/mol. The number of nitrogens with zero attached hydrogens (tertiary/aromatic N) is 2.